The highest BCUT2D eigenvalue weighted by Gasteiger charge is 2.60. The maximum Gasteiger partial charge on any atom is 0.0797 e. The molecule has 1 atom stereocenters. The van der Waals surface area contributed by atoms with E-state index < -0.39 is 5.54 Å². The number of hydrogen-bond acceptors (Lipinski definition) is 3. The number of aliphatic hydroxyl groups excluding tert-OH is 1. The average Bonchev–Trinajstić information content (AvgIpc) is 2.82. The summed E-state index contributed by atoms with van der Waals surface area (Å²) >= 11 is 1.71. The fourth-order valence-corrected chi connectivity index (χ4v) is 4.03. The number of nitrogens with two attached hydrogens (primary N) is 1. The van der Waals surface area contributed by atoms with Crippen LogP contribution in [0.1, 0.15) is 29.7 Å². The largest absolute Gasteiger partial charge is 0.394 e. The van der Waals surface area contributed by atoms with Crippen LogP contribution in [0.3, 0.4) is 0 Å². The van der Waals surface area contributed by atoms with Gasteiger partial charge in [0.1, 0.15) is 0 Å². The van der Waals surface area contributed by atoms with E-state index in [1.165, 1.54) is 23.3 Å². The van der Waals surface area contributed by atoms with Gasteiger partial charge in [0.2, 0.25) is 0 Å². The summed E-state index contributed by atoms with van der Waals surface area (Å²) in [5, 5.41) is 11.7. The molecule has 1 fully saturated rings. The van der Waals surface area contributed by atoms with Crippen molar-refractivity contribution in [3.8, 4) is 0 Å². The summed E-state index contributed by atoms with van der Waals surface area (Å²) in [6, 6.07) is 2.16. The Morgan fingerprint density at radius 3 is 2.86 bits per heavy atom. The monoisotopic (exact) mass is 209 g/mol. The van der Waals surface area contributed by atoms with E-state index in [1.54, 1.807) is 11.3 Å². The predicted molar refractivity (Wildman–Crippen MR) is 57.3 cm³/mol. The Kier molecular flexibility index (Phi) is 1.65. The third-order valence-corrected chi connectivity index (χ3v) is 5.21. The number of rotatable bonds is 1. The summed E-state index contributed by atoms with van der Waals surface area (Å²) < 4.78 is 0. The summed E-state index contributed by atoms with van der Waals surface area (Å²) in [6.07, 6.45) is 4.70. The summed E-state index contributed by atoms with van der Waals surface area (Å²) in [6.45, 7) is 0.0977. The van der Waals surface area contributed by atoms with Gasteiger partial charge in [0.05, 0.1) is 12.1 Å². The molecule has 0 aromatic carbocycles. The van der Waals surface area contributed by atoms with Crippen molar-refractivity contribution >= 4 is 11.3 Å². The van der Waals surface area contributed by atoms with E-state index in [-0.39, 0.29) is 12.0 Å². The zero-order chi connectivity index (χ0) is 9.81. The molecule has 3 N–H and O–H groups in total. The number of fused-ring (bicyclic) bond motifs is 1. The standard InChI is InChI=1S/C11H15NOS/c12-11(7-13)9-8(2-6-14-9)1-3-10(11)4-5-10/h2,6,13H,1,3-5,7,12H2. The van der Waals surface area contributed by atoms with Gasteiger partial charge in [0, 0.05) is 4.88 Å². The van der Waals surface area contributed by atoms with Crippen molar-refractivity contribution in [1.29, 1.82) is 0 Å². The molecule has 1 heterocycles. The fraction of sp³-hybridized carbons (Fsp3) is 0.636. The van der Waals surface area contributed by atoms with E-state index in [2.05, 4.69) is 11.4 Å². The molecule has 76 valence electrons. The molecule has 14 heavy (non-hydrogen) atoms. The van der Waals surface area contributed by atoms with E-state index in [0.29, 0.717) is 0 Å². The van der Waals surface area contributed by atoms with Gasteiger partial charge in [0.15, 0.2) is 0 Å². The molecule has 3 heteroatoms. The van der Waals surface area contributed by atoms with E-state index in [4.69, 9.17) is 5.73 Å². The third-order valence-electron chi connectivity index (χ3n) is 4.07. The van der Waals surface area contributed by atoms with Gasteiger partial charge >= 0.3 is 0 Å². The first-order valence-corrected chi connectivity index (χ1v) is 6.06. The Hall–Kier alpha value is -0.380. The summed E-state index contributed by atoms with van der Waals surface area (Å²) in [5.74, 6) is 0. The van der Waals surface area contributed by atoms with Crippen LogP contribution in [-0.4, -0.2) is 11.7 Å². The third kappa shape index (κ3) is 0.879. The molecule has 3 rings (SSSR count). The lowest BCUT2D eigenvalue weighted by Crippen LogP contribution is -2.51. The Morgan fingerprint density at radius 1 is 1.43 bits per heavy atom. The van der Waals surface area contributed by atoms with Gasteiger partial charge in [0.25, 0.3) is 0 Å². The van der Waals surface area contributed by atoms with Crippen LogP contribution in [0.2, 0.25) is 0 Å². The lowest BCUT2D eigenvalue weighted by molar-refractivity contribution is 0.112. The Bertz CT molecular complexity index is 369. The molecule has 2 nitrogen and oxygen atoms in total. The fourth-order valence-electron chi connectivity index (χ4n) is 2.85. The molecule has 0 saturated heterocycles. The number of thiophene rings is 1. The van der Waals surface area contributed by atoms with Crippen LogP contribution in [-0.2, 0) is 12.0 Å². The van der Waals surface area contributed by atoms with Crippen LogP contribution in [0.25, 0.3) is 0 Å². The first-order chi connectivity index (χ1) is 6.72. The van der Waals surface area contributed by atoms with Crippen molar-refractivity contribution in [3.63, 3.8) is 0 Å². The highest BCUT2D eigenvalue weighted by atomic mass is 32.1. The quantitative estimate of drug-likeness (QED) is 0.738. The van der Waals surface area contributed by atoms with Crippen molar-refractivity contribution < 1.29 is 5.11 Å². The van der Waals surface area contributed by atoms with Gasteiger partial charge in [-0.15, -0.1) is 11.3 Å². The molecule has 2 aliphatic rings. The minimum absolute atomic E-state index is 0.0977. The molecule has 1 aromatic heterocycles. The van der Waals surface area contributed by atoms with Crippen LogP contribution in [0.15, 0.2) is 11.4 Å². The first kappa shape index (κ1) is 8.89. The molecule has 0 bridgehead atoms. The second-order valence-electron chi connectivity index (χ2n) is 4.68. The normalized spacial score (nSPS) is 33.0. The SMILES string of the molecule is NC1(CO)c2sccc2CCC12CC2. The minimum Gasteiger partial charge on any atom is -0.394 e. The van der Waals surface area contributed by atoms with Crippen LogP contribution >= 0.6 is 11.3 Å². The number of hydrogen-bond donors (Lipinski definition) is 2. The molecule has 0 radical (unpaired) electrons. The molecule has 1 aromatic rings. The lowest BCUT2D eigenvalue weighted by atomic mass is 9.72. The molecule has 2 aliphatic carbocycles. The highest BCUT2D eigenvalue weighted by Crippen LogP contribution is 2.63. The van der Waals surface area contributed by atoms with Crippen LogP contribution in [0.4, 0.5) is 0 Å². The van der Waals surface area contributed by atoms with Crippen molar-refractivity contribution in [2.75, 3.05) is 6.61 Å². The molecule has 1 spiro atoms. The van der Waals surface area contributed by atoms with Gasteiger partial charge in [-0.05, 0) is 48.1 Å². The van der Waals surface area contributed by atoms with Gasteiger partial charge in [-0.25, -0.2) is 0 Å². The summed E-state index contributed by atoms with van der Waals surface area (Å²) in [5.41, 5.74) is 7.58. The van der Waals surface area contributed by atoms with Crippen molar-refractivity contribution in [2.24, 2.45) is 11.1 Å². The van der Waals surface area contributed by atoms with Crippen molar-refractivity contribution in [3.05, 3.63) is 21.9 Å². The highest BCUT2D eigenvalue weighted by molar-refractivity contribution is 7.10. The molecular formula is C11H15NOS. The molecule has 1 saturated carbocycles. The zero-order valence-electron chi connectivity index (χ0n) is 8.12. The number of aliphatic hydroxyl groups is 1. The first-order valence-electron chi connectivity index (χ1n) is 5.18. The molecule has 1 unspecified atom stereocenters. The lowest BCUT2D eigenvalue weighted by Gasteiger charge is -2.40. The Balaban J connectivity index is 2.15. The van der Waals surface area contributed by atoms with E-state index in [1.807, 2.05) is 0 Å². The molecule has 0 amide bonds. The average molecular weight is 209 g/mol. The maximum absolute atomic E-state index is 9.57. The topological polar surface area (TPSA) is 46.2 Å². The maximum atomic E-state index is 9.57. The second kappa shape index (κ2) is 2.60. The zero-order valence-corrected chi connectivity index (χ0v) is 8.94. The van der Waals surface area contributed by atoms with E-state index in [9.17, 15) is 5.11 Å². The molecular weight excluding hydrogens is 194 g/mol. The van der Waals surface area contributed by atoms with Gasteiger partial charge in [-0.2, -0.15) is 0 Å². The van der Waals surface area contributed by atoms with Gasteiger partial charge < -0.3 is 10.8 Å². The summed E-state index contributed by atoms with van der Waals surface area (Å²) in [4.78, 5) is 1.24. The summed E-state index contributed by atoms with van der Waals surface area (Å²) in [7, 11) is 0. The Morgan fingerprint density at radius 2 is 2.21 bits per heavy atom. The predicted octanol–water partition coefficient (Wildman–Crippen LogP) is 1.62. The van der Waals surface area contributed by atoms with Gasteiger partial charge in [-0.3, -0.25) is 0 Å². The second-order valence-corrected chi connectivity index (χ2v) is 5.60. The van der Waals surface area contributed by atoms with Crippen LogP contribution < -0.4 is 5.73 Å². The van der Waals surface area contributed by atoms with Crippen molar-refractivity contribution in [2.45, 2.75) is 31.2 Å². The number of aryl methyl sites for hydroxylation is 1. The molecule has 0 aliphatic heterocycles. The van der Waals surface area contributed by atoms with Crippen LogP contribution in [0, 0.1) is 5.41 Å². The van der Waals surface area contributed by atoms with Gasteiger partial charge in [-0.1, -0.05) is 0 Å². The van der Waals surface area contributed by atoms with E-state index >= 15 is 0 Å². The minimum atomic E-state index is -0.436. The Labute approximate surface area is 87.7 Å². The van der Waals surface area contributed by atoms with E-state index in [0.717, 1.165) is 12.8 Å². The van der Waals surface area contributed by atoms with Crippen LogP contribution in [0.5, 0.6) is 0 Å². The van der Waals surface area contributed by atoms with Crippen molar-refractivity contribution in [1.82, 2.24) is 0 Å². The smallest absolute Gasteiger partial charge is 0.0797 e.